The minimum absolute atomic E-state index is 0. The second-order valence-corrected chi connectivity index (χ2v) is 3.44. The number of carbonyl (C=O) groups is 2. The Balaban J connectivity index is -0.000000163. The molecule has 78 valence electrons. The predicted octanol–water partition coefficient (Wildman–Crippen LogP) is -2.22. The summed E-state index contributed by atoms with van der Waals surface area (Å²) in [7, 11) is 0. The SMILES string of the molecule is CCC(Br)C(=O)O.CCCC(=O)[O-].[Na+]. The zero-order chi connectivity index (χ0) is 10.9. The number of carbonyl (C=O) groups excluding carboxylic acids is 1. The number of alkyl halides is 1. The average Bonchev–Trinajstić information content (AvgIpc) is 2.03. The second kappa shape index (κ2) is 13.4. The Morgan fingerprint density at radius 2 is 1.86 bits per heavy atom. The molecule has 1 unspecified atom stereocenters. The number of rotatable bonds is 4. The van der Waals surface area contributed by atoms with Crippen molar-refractivity contribution in [2.45, 2.75) is 37.9 Å². The van der Waals surface area contributed by atoms with Gasteiger partial charge in [0.1, 0.15) is 4.83 Å². The molecule has 0 rings (SSSR count). The number of carboxylic acid groups (broad SMARTS) is 2. The molecule has 0 saturated carbocycles. The van der Waals surface area contributed by atoms with Crippen molar-refractivity contribution in [1.82, 2.24) is 0 Å². The molecule has 0 aromatic carbocycles. The molecule has 4 nitrogen and oxygen atoms in total. The van der Waals surface area contributed by atoms with Crippen LogP contribution in [0.5, 0.6) is 0 Å². The van der Waals surface area contributed by atoms with Crippen molar-refractivity contribution in [3.05, 3.63) is 0 Å². The standard InChI is InChI=1S/C4H7BrO2.C4H8O2.Na/c1-2-3(5)4(6)7;1-2-3-4(5)6;/h3H,2H2,1H3,(H,6,7);2-3H2,1H3,(H,5,6);/q;;+1/p-1. The van der Waals surface area contributed by atoms with E-state index in [-0.39, 0.29) is 40.8 Å². The Labute approximate surface area is 114 Å². The van der Waals surface area contributed by atoms with Gasteiger partial charge in [-0.15, -0.1) is 0 Å². The Morgan fingerprint density at radius 1 is 1.43 bits per heavy atom. The summed E-state index contributed by atoms with van der Waals surface area (Å²) in [4.78, 5) is 19.0. The van der Waals surface area contributed by atoms with Crippen molar-refractivity contribution in [2.24, 2.45) is 0 Å². The van der Waals surface area contributed by atoms with Gasteiger partial charge in [0.25, 0.3) is 0 Å². The maximum absolute atomic E-state index is 9.88. The summed E-state index contributed by atoms with van der Waals surface area (Å²) in [6.45, 7) is 3.61. The number of hydrogen-bond acceptors (Lipinski definition) is 3. The summed E-state index contributed by atoms with van der Waals surface area (Å²) in [6, 6.07) is 0. The molecule has 0 spiro atoms. The van der Waals surface area contributed by atoms with E-state index in [1.165, 1.54) is 0 Å². The quantitative estimate of drug-likeness (QED) is 0.466. The summed E-state index contributed by atoms with van der Waals surface area (Å²) >= 11 is 2.94. The van der Waals surface area contributed by atoms with Crippen molar-refractivity contribution < 1.29 is 49.4 Å². The van der Waals surface area contributed by atoms with Gasteiger partial charge in [-0.25, -0.2) is 0 Å². The fraction of sp³-hybridized carbons (Fsp3) is 0.750. The van der Waals surface area contributed by atoms with Crippen LogP contribution >= 0.6 is 15.9 Å². The number of aliphatic carboxylic acids is 2. The maximum atomic E-state index is 9.88. The van der Waals surface area contributed by atoms with Crippen molar-refractivity contribution in [3.8, 4) is 0 Å². The molecule has 0 aliphatic carbocycles. The zero-order valence-electron chi connectivity index (χ0n) is 8.75. The number of carboxylic acids is 2. The van der Waals surface area contributed by atoms with Crippen LogP contribution in [0.25, 0.3) is 0 Å². The zero-order valence-corrected chi connectivity index (χ0v) is 12.3. The first kappa shape index (κ1) is 19.9. The first-order valence-electron chi connectivity index (χ1n) is 4.02. The van der Waals surface area contributed by atoms with E-state index in [1.54, 1.807) is 6.92 Å². The van der Waals surface area contributed by atoms with E-state index < -0.39 is 11.9 Å². The third-order valence-corrected chi connectivity index (χ3v) is 2.12. The summed E-state index contributed by atoms with van der Waals surface area (Å²) in [5.41, 5.74) is 0. The van der Waals surface area contributed by atoms with E-state index in [0.29, 0.717) is 12.8 Å². The number of hydrogen-bond donors (Lipinski definition) is 1. The van der Waals surface area contributed by atoms with E-state index in [1.807, 2.05) is 6.92 Å². The monoisotopic (exact) mass is 276 g/mol. The molecule has 0 aromatic heterocycles. The van der Waals surface area contributed by atoms with Crippen LogP contribution in [0, 0.1) is 0 Å². The molecule has 0 aliphatic heterocycles. The van der Waals surface area contributed by atoms with Gasteiger partial charge in [-0.05, 0) is 12.8 Å². The second-order valence-electron chi connectivity index (χ2n) is 2.34. The van der Waals surface area contributed by atoms with Crippen molar-refractivity contribution in [1.29, 1.82) is 0 Å². The van der Waals surface area contributed by atoms with Gasteiger partial charge in [0.2, 0.25) is 0 Å². The fourth-order valence-corrected chi connectivity index (χ4v) is 0.379. The normalized spacial score (nSPS) is 10.2. The summed E-state index contributed by atoms with van der Waals surface area (Å²) in [5.74, 6) is -1.75. The summed E-state index contributed by atoms with van der Waals surface area (Å²) in [5, 5.41) is 17.6. The molecule has 0 aromatic rings. The van der Waals surface area contributed by atoms with Crippen LogP contribution in [0.15, 0.2) is 0 Å². The maximum Gasteiger partial charge on any atom is 1.00 e. The van der Waals surface area contributed by atoms with Gasteiger partial charge in [-0.3, -0.25) is 4.79 Å². The van der Waals surface area contributed by atoms with Gasteiger partial charge in [-0.1, -0.05) is 36.2 Å². The minimum Gasteiger partial charge on any atom is -0.550 e. The molecule has 1 N–H and O–H groups in total. The van der Waals surface area contributed by atoms with Crippen LogP contribution in [0.4, 0.5) is 0 Å². The van der Waals surface area contributed by atoms with Crippen molar-refractivity contribution >= 4 is 27.9 Å². The molecule has 1 atom stereocenters. The van der Waals surface area contributed by atoms with Gasteiger partial charge in [0, 0.05) is 5.97 Å². The molecule has 6 heteroatoms. The van der Waals surface area contributed by atoms with Crippen LogP contribution in [0.3, 0.4) is 0 Å². The Morgan fingerprint density at radius 3 is 1.86 bits per heavy atom. The third kappa shape index (κ3) is 18.3. The van der Waals surface area contributed by atoms with Gasteiger partial charge in [0.15, 0.2) is 0 Å². The summed E-state index contributed by atoms with van der Waals surface area (Å²) < 4.78 is 0. The molecule has 0 bridgehead atoms. The van der Waals surface area contributed by atoms with E-state index in [0.717, 1.165) is 0 Å². The summed E-state index contributed by atoms with van der Waals surface area (Å²) in [6.07, 6.45) is 1.48. The van der Waals surface area contributed by atoms with E-state index in [2.05, 4.69) is 15.9 Å². The first-order valence-corrected chi connectivity index (χ1v) is 4.93. The van der Waals surface area contributed by atoms with Crippen LogP contribution < -0.4 is 34.7 Å². The minimum atomic E-state index is -0.961. The fourth-order valence-electron chi connectivity index (χ4n) is 0.379. The predicted molar refractivity (Wildman–Crippen MR) is 50.6 cm³/mol. The van der Waals surface area contributed by atoms with Crippen molar-refractivity contribution in [2.75, 3.05) is 0 Å². The molecule has 0 amide bonds. The molecule has 14 heavy (non-hydrogen) atoms. The molecule has 0 fully saturated rings. The van der Waals surface area contributed by atoms with Gasteiger partial charge >= 0.3 is 35.5 Å². The van der Waals surface area contributed by atoms with E-state index in [9.17, 15) is 14.7 Å². The molecule has 0 saturated heterocycles. The van der Waals surface area contributed by atoms with Gasteiger partial charge < -0.3 is 15.0 Å². The Bertz CT molecular complexity index is 163. The van der Waals surface area contributed by atoms with Crippen LogP contribution in [0.1, 0.15) is 33.1 Å². The van der Waals surface area contributed by atoms with E-state index in [4.69, 9.17) is 5.11 Å². The van der Waals surface area contributed by atoms with Crippen molar-refractivity contribution in [3.63, 3.8) is 0 Å². The first-order chi connectivity index (χ1) is 5.95. The van der Waals surface area contributed by atoms with Gasteiger partial charge in [0.05, 0.1) is 0 Å². The molecule has 0 aliphatic rings. The smallest absolute Gasteiger partial charge is 0.550 e. The molecular weight excluding hydrogens is 263 g/mol. The van der Waals surface area contributed by atoms with Crippen LogP contribution in [-0.4, -0.2) is 21.9 Å². The van der Waals surface area contributed by atoms with Crippen LogP contribution in [0.2, 0.25) is 0 Å². The molecule has 0 radical (unpaired) electrons. The van der Waals surface area contributed by atoms with Crippen LogP contribution in [-0.2, 0) is 9.59 Å². The average molecular weight is 277 g/mol. The van der Waals surface area contributed by atoms with Gasteiger partial charge in [-0.2, -0.15) is 0 Å². The third-order valence-electron chi connectivity index (χ3n) is 1.08. The molecule has 0 heterocycles. The Kier molecular flexibility index (Phi) is 19.1. The number of halogens is 1. The topological polar surface area (TPSA) is 77.4 Å². The van der Waals surface area contributed by atoms with E-state index >= 15 is 0 Å². The largest absolute Gasteiger partial charge is 1.00 e. The molecular formula is C8H14BrNaO4. The Hall–Kier alpha value is 0.420.